The lowest BCUT2D eigenvalue weighted by atomic mass is 10.0. The third kappa shape index (κ3) is 3.92. The summed E-state index contributed by atoms with van der Waals surface area (Å²) in [7, 11) is 0. The van der Waals surface area contributed by atoms with E-state index in [2.05, 4.69) is 0 Å². The summed E-state index contributed by atoms with van der Waals surface area (Å²) >= 11 is 12.3. The van der Waals surface area contributed by atoms with Gasteiger partial charge in [0.05, 0.1) is 28.9 Å². The number of halogens is 3. The summed E-state index contributed by atoms with van der Waals surface area (Å²) in [4.78, 5) is 40.8. The van der Waals surface area contributed by atoms with Crippen molar-refractivity contribution in [2.75, 3.05) is 0 Å². The fraction of sp³-hybridized carbons (Fsp3) is 0.107. The lowest BCUT2D eigenvalue weighted by Crippen LogP contribution is -2.30. The molecule has 2 amide bonds. The van der Waals surface area contributed by atoms with E-state index in [9.17, 15) is 18.8 Å². The first-order valence-corrected chi connectivity index (χ1v) is 11.9. The summed E-state index contributed by atoms with van der Waals surface area (Å²) in [5.74, 6) is -2.03. The number of hydrogen-bond acceptors (Lipinski definition) is 3. The van der Waals surface area contributed by atoms with Gasteiger partial charge < -0.3 is 4.57 Å². The lowest BCUT2D eigenvalue weighted by Gasteiger charge is -2.20. The molecule has 3 aromatic carbocycles. The molecule has 0 saturated carbocycles. The van der Waals surface area contributed by atoms with Crippen LogP contribution in [0.25, 0.3) is 5.69 Å². The van der Waals surface area contributed by atoms with Crippen LogP contribution in [0.4, 0.5) is 4.39 Å². The van der Waals surface area contributed by atoms with Crippen molar-refractivity contribution in [2.45, 2.75) is 20.4 Å². The van der Waals surface area contributed by atoms with E-state index >= 15 is 0 Å². The number of carbonyl (C=O) groups is 3. The third-order valence-corrected chi connectivity index (χ3v) is 6.78. The highest BCUT2D eigenvalue weighted by Gasteiger charge is 2.36. The van der Waals surface area contributed by atoms with Crippen molar-refractivity contribution in [3.63, 3.8) is 0 Å². The number of aryl methyl sites for hydroxylation is 2. The Hall–Kier alpha value is -3.74. The second-order valence-electron chi connectivity index (χ2n) is 8.61. The maximum absolute atomic E-state index is 14.5. The summed E-state index contributed by atoms with van der Waals surface area (Å²) in [5, 5.41) is 0.684. The minimum Gasteiger partial charge on any atom is -0.315 e. The Bertz CT molecular complexity index is 1590. The molecule has 180 valence electrons. The Labute approximate surface area is 216 Å². The first-order chi connectivity index (χ1) is 17.2. The molecule has 1 aliphatic rings. The first kappa shape index (κ1) is 24.0. The van der Waals surface area contributed by atoms with E-state index < -0.39 is 23.4 Å². The van der Waals surface area contributed by atoms with E-state index in [0.29, 0.717) is 27.0 Å². The second kappa shape index (κ2) is 9.04. The molecule has 0 radical (unpaired) electrons. The van der Waals surface area contributed by atoms with Gasteiger partial charge in [0.1, 0.15) is 5.82 Å². The van der Waals surface area contributed by atoms with Gasteiger partial charge in [-0.15, -0.1) is 0 Å². The average molecular weight is 521 g/mol. The topological polar surface area (TPSA) is 59.4 Å². The third-order valence-electron chi connectivity index (χ3n) is 6.31. The number of carbonyl (C=O) groups excluding carboxylic acids is 3. The molecule has 5 rings (SSSR count). The van der Waals surface area contributed by atoms with Gasteiger partial charge in [0.2, 0.25) is 0 Å². The Kier molecular flexibility index (Phi) is 6.02. The van der Waals surface area contributed by atoms with Crippen LogP contribution in [-0.2, 0) is 6.54 Å². The van der Waals surface area contributed by atoms with E-state index in [4.69, 9.17) is 23.2 Å². The van der Waals surface area contributed by atoms with Crippen LogP contribution in [0.5, 0.6) is 0 Å². The molecule has 0 fully saturated rings. The quantitative estimate of drug-likeness (QED) is 0.221. The van der Waals surface area contributed by atoms with Gasteiger partial charge in [0.25, 0.3) is 11.8 Å². The van der Waals surface area contributed by atoms with Crippen LogP contribution in [0, 0.1) is 19.7 Å². The highest BCUT2D eigenvalue weighted by Crippen LogP contribution is 2.32. The van der Waals surface area contributed by atoms with Gasteiger partial charge in [-0.05, 0) is 74.0 Å². The van der Waals surface area contributed by atoms with Gasteiger partial charge in [0, 0.05) is 27.0 Å². The number of nitrogens with zero attached hydrogens (tertiary/aromatic N) is 2. The molecule has 2 heterocycles. The molecule has 5 nitrogen and oxygen atoms in total. The molecule has 1 aliphatic heterocycles. The molecule has 36 heavy (non-hydrogen) atoms. The molecule has 4 aromatic rings. The van der Waals surface area contributed by atoms with E-state index in [0.717, 1.165) is 16.2 Å². The van der Waals surface area contributed by atoms with Crippen LogP contribution in [0.3, 0.4) is 0 Å². The number of hydrogen-bond donors (Lipinski definition) is 0. The standard InChI is InChI=1S/C28H19Cl2FN2O3/c1-15-11-16(2)33(25(15)14-32-27(35)19-9-7-17(29)12-21(19)28(32)36)24-10-8-18(30)13-22(24)26(34)20-5-3-4-6-23(20)31/h3-13H,14H2,1-2H3. The fourth-order valence-electron chi connectivity index (χ4n) is 4.61. The fourth-order valence-corrected chi connectivity index (χ4v) is 4.96. The Morgan fingerprint density at radius 1 is 0.833 bits per heavy atom. The van der Waals surface area contributed by atoms with Crippen molar-refractivity contribution in [3.05, 3.63) is 122 Å². The predicted molar refractivity (Wildman–Crippen MR) is 136 cm³/mol. The van der Waals surface area contributed by atoms with E-state index in [-0.39, 0.29) is 23.2 Å². The average Bonchev–Trinajstić information content (AvgIpc) is 3.25. The van der Waals surface area contributed by atoms with E-state index in [1.807, 2.05) is 19.9 Å². The highest BCUT2D eigenvalue weighted by atomic mass is 35.5. The number of aromatic nitrogens is 1. The van der Waals surface area contributed by atoms with Crippen molar-refractivity contribution < 1.29 is 18.8 Å². The number of fused-ring (bicyclic) bond motifs is 1. The molecule has 0 saturated heterocycles. The Balaban J connectivity index is 1.62. The largest absolute Gasteiger partial charge is 0.315 e. The van der Waals surface area contributed by atoms with Gasteiger partial charge >= 0.3 is 0 Å². The maximum atomic E-state index is 14.5. The summed E-state index contributed by atoms with van der Waals surface area (Å²) in [5.41, 5.74) is 3.35. The Morgan fingerprint density at radius 3 is 2.25 bits per heavy atom. The van der Waals surface area contributed by atoms with Crippen LogP contribution >= 0.6 is 23.2 Å². The van der Waals surface area contributed by atoms with Gasteiger partial charge in [-0.25, -0.2) is 4.39 Å². The zero-order valence-corrected chi connectivity index (χ0v) is 20.8. The summed E-state index contributed by atoms with van der Waals surface area (Å²) in [6, 6.07) is 17.0. The van der Waals surface area contributed by atoms with Crippen molar-refractivity contribution in [1.82, 2.24) is 9.47 Å². The smallest absolute Gasteiger partial charge is 0.261 e. The highest BCUT2D eigenvalue weighted by molar-refractivity contribution is 6.32. The molecular weight excluding hydrogens is 502 g/mol. The monoisotopic (exact) mass is 520 g/mol. The van der Waals surface area contributed by atoms with Crippen LogP contribution < -0.4 is 0 Å². The van der Waals surface area contributed by atoms with Crippen LogP contribution in [0.15, 0.2) is 66.7 Å². The SMILES string of the molecule is Cc1cc(C)n(-c2ccc(Cl)cc2C(=O)c2ccccc2F)c1CN1C(=O)c2ccc(Cl)cc2C1=O. The molecule has 1 aromatic heterocycles. The molecule has 8 heteroatoms. The molecule has 0 spiro atoms. The molecule has 0 aliphatic carbocycles. The van der Waals surface area contributed by atoms with Crippen molar-refractivity contribution in [3.8, 4) is 5.69 Å². The summed E-state index contributed by atoms with van der Waals surface area (Å²) < 4.78 is 16.3. The first-order valence-electron chi connectivity index (χ1n) is 11.1. The zero-order chi connectivity index (χ0) is 25.7. The zero-order valence-electron chi connectivity index (χ0n) is 19.3. The normalized spacial score (nSPS) is 12.9. The summed E-state index contributed by atoms with van der Waals surface area (Å²) in [6.45, 7) is 3.69. The van der Waals surface area contributed by atoms with Gasteiger partial charge in [0.15, 0.2) is 5.78 Å². The number of imide groups is 1. The minimum atomic E-state index is -0.640. The minimum absolute atomic E-state index is 0.0282. The van der Waals surface area contributed by atoms with Crippen molar-refractivity contribution in [2.24, 2.45) is 0 Å². The number of amides is 2. The maximum Gasteiger partial charge on any atom is 0.261 e. The van der Waals surface area contributed by atoms with Crippen LogP contribution in [0.1, 0.15) is 53.6 Å². The predicted octanol–water partition coefficient (Wildman–Crippen LogP) is 6.57. The van der Waals surface area contributed by atoms with Crippen LogP contribution in [-0.4, -0.2) is 27.1 Å². The number of benzene rings is 3. The Morgan fingerprint density at radius 2 is 1.50 bits per heavy atom. The molecular formula is C28H19Cl2FN2O3. The van der Waals surface area contributed by atoms with Gasteiger partial charge in [-0.3, -0.25) is 19.3 Å². The van der Waals surface area contributed by atoms with E-state index in [1.54, 1.807) is 34.9 Å². The second-order valence-corrected chi connectivity index (χ2v) is 9.48. The number of rotatable bonds is 5. The summed E-state index contributed by atoms with van der Waals surface area (Å²) in [6.07, 6.45) is 0. The van der Waals surface area contributed by atoms with Crippen LogP contribution in [0.2, 0.25) is 10.0 Å². The number of ketones is 1. The molecule has 0 N–H and O–H groups in total. The van der Waals surface area contributed by atoms with Crippen molar-refractivity contribution in [1.29, 1.82) is 0 Å². The molecule has 0 bridgehead atoms. The van der Waals surface area contributed by atoms with Gasteiger partial charge in [-0.2, -0.15) is 0 Å². The van der Waals surface area contributed by atoms with Crippen molar-refractivity contribution >= 4 is 40.8 Å². The van der Waals surface area contributed by atoms with E-state index in [1.165, 1.54) is 30.3 Å². The molecule has 0 unspecified atom stereocenters. The van der Waals surface area contributed by atoms with Gasteiger partial charge in [-0.1, -0.05) is 35.3 Å². The molecule has 0 atom stereocenters. The lowest BCUT2D eigenvalue weighted by molar-refractivity contribution is 0.0639.